The molecule has 0 fully saturated rings. The number of amides is 1. The summed E-state index contributed by atoms with van der Waals surface area (Å²) in [6, 6.07) is 2.46. The van der Waals surface area contributed by atoms with Crippen molar-refractivity contribution in [1.29, 1.82) is 0 Å². The van der Waals surface area contributed by atoms with Crippen molar-refractivity contribution in [2.75, 3.05) is 7.11 Å². The first-order valence-electron chi connectivity index (χ1n) is 6.37. The SMILES string of the molecule is COc1cc2c(cc1[N+](=O)[O-])OC(C)(C)[C@H](O)[C@H]2OC(N)=O. The monoisotopic (exact) mass is 312 g/mol. The zero-order chi connectivity index (χ0) is 16.7. The molecule has 0 unspecified atom stereocenters. The van der Waals surface area contributed by atoms with Crippen LogP contribution in [-0.4, -0.2) is 34.9 Å². The Morgan fingerprint density at radius 2 is 2.14 bits per heavy atom. The third-order valence-corrected chi connectivity index (χ3v) is 3.43. The molecule has 0 saturated carbocycles. The smallest absolute Gasteiger partial charge is 0.405 e. The summed E-state index contributed by atoms with van der Waals surface area (Å²) in [7, 11) is 1.27. The van der Waals surface area contributed by atoms with Gasteiger partial charge in [-0.2, -0.15) is 0 Å². The number of primary amides is 1. The van der Waals surface area contributed by atoms with E-state index >= 15 is 0 Å². The average molecular weight is 312 g/mol. The predicted octanol–water partition coefficient (Wildman–Crippen LogP) is 1.27. The zero-order valence-corrected chi connectivity index (χ0v) is 12.2. The summed E-state index contributed by atoms with van der Waals surface area (Å²) in [5.74, 6) is 0.0753. The lowest BCUT2D eigenvalue weighted by molar-refractivity contribution is -0.385. The van der Waals surface area contributed by atoms with Crippen molar-refractivity contribution in [3.05, 3.63) is 27.8 Å². The van der Waals surface area contributed by atoms with Crippen LogP contribution in [0.15, 0.2) is 12.1 Å². The maximum atomic E-state index is 11.1. The second-order valence-electron chi connectivity index (χ2n) is 5.33. The Kier molecular flexibility index (Phi) is 3.84. The van der Waals surface area contributed by atoms with E-state index in [-0.39, 0.29) is 22.7 Å². The van der Waals surface area contributed by atoms with Crippen LogP contribution in [-0.2, 0) is 4.74 Å². The molecule has 3 N–H and O–H groups in total. The van der Waals surface area contributed by atoms with E-state index in [0.717, 1.165) is 0 Å². The maximum Gasteiger partial charge on any atom is 0.405 e. The van der Waals surface area contributed by atoms with Gasteiger partial charge in [-0.05, 0) is 19.9 Å². The number of benzene rings is 1. The van der Waals surface area contributed by atoms with Crippen molar-refractivity contribution in [3.8, 4) is 11.5 Å². The van der Waals surface area contributed by atoms with Crippen molar-refractivity contribution in [3.63, 3.8) is 0 Å². The molecule has 22 heavy (non-hydrogen) atoms. The van der Waals surface area contributed by atoms with Crippen LogP contribution < -0.4 is 15.2 Å². The number of aliphatic hydroxyl groups excluding tert-OH is 1. The summed E-state index contributed by atoms with van der Waals surface area (Å²) in [6.45, 7) is 3.13. The minimum Gasteiger partial charge on any atom is -0.490 e. The van der Waals surface area contributed by atoms with Gasteiger partial charge in [0.25, 0.3) is 0 Å². The molecule has 0 radical (unpaired) electrons. The first-order chi connectivity index (χ1) is 10.2. The van der Waals surface area contributed by atoms with Crippen molar-refractivity contribution in [2.45, 2.75) is 31.7 Å². The number of carbonyl (C=O) groups is 1. The van der Waals surface area contributed by atoms with Crippen molar-refractivity contribution in [2.24, 2.45) is 5.73 Å². The van der Waals surface area contributed by atoms with Gasteiger partial charge < -0.3 is 25.1 Å². The molecule has 1 amide bonds. The van der Waals surface area contributed by atoms with Gasteiger partial charge in [-0.3, -0.25) is 10.1 Å². The van der Waals surface area contributed by atoms with Gasteiger partial charge in [0.2, 0.25) is 0 Å². The fourth-order valence-electron chi connectivity index (χ4n) is 2.31. The lowest BCUT2D eigenvalue weighted by atomic mass is 9.88. The number of nitrogens with zero attached hydrogens (tertiary/aromatic N) is 1. The molecular weight excluding hydrogens is 296 g/mol. The minimum atomic E-state index is -1.21. The Bertz CT molecular complexity index is 629. The number of fused-ring (bicyclic) bond motifs is 1. The van der Waals surface area contributed by atoms with Crippen LogP contribution in [0.3, 0.4) is 0 Å². The summed E-state index contributed by atoms with van der Waals surface area (Å²) in [5.41, 5.74) is 3.84. The number of aliphatic hydroxyl groups is 1. The van der Waals surface area contributed by atoms with Crippen LogP contribution in [0.5, 0.6) is 11.5 Å². The first-order valence-corrected chi connectivity index (χ1v) is 6.37. The average Bonchev–Trinajstić information content (AvgIpc) is 2.42. The Balaban J connectivity index is 2.62. The van der Waals surface area contributed by atoms with Crippen LogP contribution in [0.25, 0.3) is 0 Å². The largest absolute Gasteiger partial charge is 0.490 e. The highest BCUT2D eigenvalue weighted by atomic mass is 16.6. The standard InChI is InChI=1S/C13H16N2O7/c1-13(2)11(16)10(21-12(14)17)6-4-9(20-3)7(15(18)19)5-8(6)22-13/h4-5,10-11,16H,1-3H3,(H2,14,17)/t10-,11+/m0/s1. The fourth-order valence-corrected chi connectivity index (χ4v) is 2.31. The summed E-state index contributed by atoms with van der Waals surface area (Å²) in [4.78, 5) is 21.5. The van der Waals surface area contributed by atoms with Gasteiger partial charge in [0, 0.05) is 5.56 Å². The lowest BCUT2D eigenvalue weighted by Crippen LogP contribution is -2.50. The van der Waals surface area contributed by atoms with Gasteiger partial charge >= 0.3 is 11.8 Å². The van der Waals surface area contributed by atoms with Gasteiger partial charge in [-0.15, -0.1) is 0 Å². The summed E-state index contributed by atoms with van der Waals surface area (Å²) in [6.07, 6.45) is -3.41. The van der Waals surface area contributed by atoms with Crippen molar-refractivity contribution >= 4 is 11.8 Å². The molecule has 2 rings (SSSR count). The number of hydrogen-bond acceptors (Lipinski definition) is 7. The molecule has 0 bridgehead atoms. The molecule has 2 atom stereocenters. The fraction of sp³-hybridized carbons (Fsp3) is 0.462. The molecule has 0 aromatic heterocycles. The molecule has 1 aromatic rings. The number of methoxy groups -OCH3 is 1. The Morgan fingerprint density at radius 1 is 1.50 bits per heavy atom. The Hall–Kier alpha value is -2.55. The van der Waals surface area contributed by atoms with Gasteiger partial charge in [0.1, 0.15) is 17.5 Å². The van der Waals surface area contributed by atoms with E-state index in [0.29, 0.717) is 0 Å². The Labute approximate surface area is 125 Å². The van der Waals surface area contributed by atoms with Gasteiger partial charge in [-0.1, -0.05) is 0 Å². The van der Waals surface area contributed by atoms with Crippen LogP contribution in [0.4, 0.5) is 10.5 Å². The molecule has 1 aliphatic rings. The highest BCUT2D eigenvalue weighted by molar-refractivity contribution is 5.66. The quantitative estimate of drug-likeness (QED) is 0.634. The molecule has 120 valence electrons. The molecule has 9 heteroatoms. The molecule has 0 spiro atoms. The van der Waals surface area contributed by atoms with E-state index < -0.39 is 28.8 Å². The van der Waals surface area contributed by atoms with E-state index in [9.17, 15) is 20.0 Å². The van der Waals surface area contributed by atoms with E-state index in [4.69, 9.17) is 19.9 Å². The molecule has 1 heterocycles. The van der Waals surface area contributed by atoms with Crippen LogP contribution in [0.1, 0.15) is 25.5 Å². The summed E-state index contributed by atoms with van der Waals surface area (Å²) in [5, 5.41) is 21.4. The number of ether oxygens (including phenoxy) is 3. The van der Waals surface area contributed by atoms with Crippen molar-refractivity contribution < 1.29 is 29.0 Å². The van der Waals surface area contributed by atoms with Crippen LogP contribution in [0.2, 0.25) is 0 Å². The lowest BCUT2D eigenvalue weighted by Gasteiger charge is -2.41. The molecule has 1 aromatic carbocycles. The van der Waals surface area contributed by atoms with E-state index in [1.165, 1.54) is 19.2 Å². The topological polar surface area (TPSA) is 134 Å². The molecule has 1 aliphatic heterocycles. The summed E-state index contributed by atoms with van der Waals surface area (Å²) < 4.78 is 15.5. The highest BCUT2D eigenvalue weighted by Gasteiger charge is 2.46. The summed E-state index contributed by atoms with van der Waals surface area (Å²) >= 11 is 0. The third-order valence-electron chi connectivity index (χ3n) is 3.43. The van der Waals surface area contributed by atoms with Gasteiger partial charge in [0.05, 0.1) is 18.1 Å². The number of nitro groups is 1. The van der Waals surface area contributed by atoms with E-state index in [1.54, 1.807) is 13.8 Å². The molecule has 9 nitrogen and oxygen atoms in total. The van der Waals surface area contributed by atoms with Crippen LogP contribution in [0, 0.1) is 10.1 Å². The molecule has 0 aliphatic carbocycles. The maximum absolute atomic E-state index is 11.1. The number of carbonyl (C=O) groups excluding carboxylic acids is 1. The molecule has 0 saturated heterocycles. The first kappa shape index (κ1) is 15.8. The number of rotatable bonds is 3. The number of nitro benzene ring substituents is 1. The third kappa shape index (κ3) is 2.62. The van der Waals surface area contributed by atoms with E-state index in [2.05, 4.69) is 0 Å². The normalized spacial score (nSPS) is 22.2. The second kappa shape index (κ2) is 5.34. The van der Waals surface area contributed by atoms with Crippen molar-refractivity contribution in [1.82, 2.24) is 0 Å². The number of nitrogens with two attached hydrogens (primary N) is 1. The zero-order valence-electron chi connectivity index (χ0n) is 12.2. The predicted molar refractivity (Wildman–Crippen MR) is 73.8 cm³/mol. The highest BCUT2D eigenvalue weighted by Crippen LogP contribution is 2.46. The number of hydrogen-bond donors (Lipinski definition) is 2. The van der Waals surface area contributed by atoms with Gasteiger partial charge in [-0.25, -0.2) is 4.79 Å². The van der Waals surface area contributed by atoms with Crippen LogP contribution >= 0.6 is 0 Å². The minimum absolute atomic E-state index is 0.0441. The Morgan fingerprint density at radius 3 is 2.64 bits per heavy atom. The molecular formula is C13H16N2O7. The van der Waals surface area contributed by atoms with Gasteiger partial charge in [0.15, 0.2) is 11.9 Å². The van der Waals surface area contributed by atoms with E-state index in [1.807, 2.05) is 0 Å². The second-order valence-corrected chi connectivity index (χ2v) is 5.33.